The average molecular weight is 94.9 g/mol. The summed E-state index contributed by atoms with van der Waals surface area (Å²) in [6.07, 6.45) is 1.01. The maximum absolute atomic E-state index is 7.86. The molecule has 3 nitrogen and oxygen atoms in total. The molecule has 0 aliphatic rings. The van der Waals surface area contributed by atoms with Gasteiger partial charge in [0.2, 0.25) is 0 Å². The molecule has 0 aromatic heterocycles. The normalized spacial score (nSPS) is 6.14. The van der Waals surface area contributed by atoms with Crippen molar-refractivity contribution in [1.29, 1.82) is 10.7 Å². The minimum absolute atomic E-state index is 0.232. The van der Waals surface area contributed by atoms with Crippen LogP contribution >= 0.6 is 0 Å². The van der Waals surface area contributed by atoms with Crippen LogP contribution in [-0.4, -0.2) is 13.9 Å². The Bertz CT molecular complexity index is 87.4. The lowest BCUT2D eigenvalue weighted by Crippen LogP contribution is -1.91. The van der Waals surface area contributed by atoms with Crippen molar-refractivity contribution < 1.29 is 4.65 Å². The predicted molar refractivity (Wildman–Crippen MR) is 26.0 cm³/mol. The molecule has 0 bridgehead atoms. The summed E-state index contributed by atoms with van der Waals surface area (Å²) in [6, 6.07) is 1.82. The summed E-state index contributed by atoms with van der Waals surface area (Å²) in [5.41, 5.74) is 0. The fraction of sp³-hybridized carbons (Fsp3) is 0.333. The van der Waals surface area contributed by atoms with Crippen LogP contribution in [0.15, 0.2) is 0 Å². The van der Waals surface area contributed by atoms with Crippen LogP contribution in [0.25, 0.3) is 0 Å². The second kappa shape index (κ2) is 5.02. The Morgan fingerprint density at radius 2 is 2.71 bits per heavy atom. The third-order valence-corrected chi connectivity index (χ3v) is 0.339. The van der Waals surface area contributed by atoms with Crippen LogP contribution in [-0.2, 0) is 4.65 Å². The zero-order valence-electron chi connectivity index (χ0n) is 3.72. The first-order valence-corrected chi connectivity index (χ1v) is 1.75. The maximum Gasteiger partial charge on any atom is 0.386 e. The molecule has 0 spiro atoms. The summed E-state index contributed by atoms with van der Waals surface area (Å²) in [7, 11) is 1.26. The van der Waals surface area contributed by atoms with Gasteiger partial charge in [-0.3, -0.25) is 5.41 Å². The van der Waals surface area contributed by atoms with E-state index in [1.54, 1.807) is 0 Å². The van der Waals surface area contributed by atoms with E-state index in [9.17, 15) is 0 Å². The zero-order chi connectivity index (χ0) is 5.54. The first kappa shape index (κ1) is 6.02. The van der Waals surface area contributed by atoms with Crippen LogP contribution in [0.3, 0.4) is 0 Å². The summed E-state index contributed by atoms with van der Waals surface area (Å²) in [6.45, 7) is 0. The van der Waals surface area contributed by atoms with E-state index in [0.29, 0.717) is 0 Å². The number of rotatable bonds is 3. The van der Waals surface area contributed by atoms with Crippen molar-refractivity contribution in [2.75, 3.05) is 0 Å². The molecule has 0 amide bonds. The average Bonchev–Trinajstić information content (AvgIpc) is 1.69. The van der Waals surface area contributed by atoms with Gasteiger partial charge in [0, 0.05) is 0 Å². The monoisotopic (exact) mass is 95.0 g/mol. The first-order valence-electron chi connectivity index (χ1n) is 1.75. The van der Waals surface area contributed by atoms with Crippen molar-refractivity contribution in [3.05, 3.63) is 0 Å². The van der Waals surface area contributed by atoms with Crippen molar-refractivity contribution in [2.45, 2.75) is 6.32 Å². The van der Waals surface area contributed by atoms with Crippen molar-refractivity contribution in [3.63, 3.8) is 0 Å². The highest BCUT2D eigenvalue weighted by Crippen LogP contribution is 1.70. The number of hydrogen-bond acceptors (Lipinski definition) is 3. The van der Waals surface area contributed by atoms with Gasteiger partial charge in [-0.1, -0.05) is 0 Å². The van der Waals surface area contributed by atoms with E-state index in [-0.39, 0.29) is 6.32 Å². The van der Waals surface area contributed by atoms with Crippen LogP contribution in [0.2, 0.25) is 6.32 Å². The standard InChI is InChI=1S/C3H4BN2O/c5-2-1-4-7-3-6/h3,6H,1H2. The third kappa shape index (κ3) is 5.02. The van der Waals surface area contributed by atoms with Crippen molar-refractivity contribution in [3.8, 4) is 6.07 Å². The Labute approximate surface area is 42.7 Å². The molecule has 0 aromatic rings. The predicted octanol–water partition coefficient (Wildman–Crippen LogP) is 0.171. The van der Waals surface area contributed by atoms with Gasteiger partial charge in [0.25, 0.3) is 0 Å². The molecule has 0 aliphatic heterocycles. The molecule has 7 heavy (non-hydrogen) atoms. The lowest BCUT2D eigenvalue weighted by Gasteiger charge is -1.84. The van der Waals surface area contributed by atoms with Gasteiger partial charge in [0.15, 0.2) is 0 Å². The Kier molecular flexibility index (Phi) is 4.32. The smallest absolute Gasteiger partial charge is 0.386 e. The lowest BCUT2D eigenvalue weighted by atomic mass is 9.97. The van der Waals surface area contributed by atoms with Gasteiger partial charge < -0.3 is 4.65 Å². The molecular weight excluding hydrogens is 90.9 g/mol. The fourth-order valence-corrected chi connectivity index (χ4v) is 0.133. The van der Waals surface area contributed by atoms with Crippen LogP contribution < -0.4 is 0 Å². The summed E-state index contributed by atoms with van der Waals surface area (Å²) >= 11 is 0. The third-order valence-electron chi connectivity index (χ3n) is 0.339. The first-order chi connectivity index (χ1) is 3.41. The Morgan fingerprint density at radius 1 is 2.00 bits per heavy atom. The number of nitrogens with one attached hydrogen (secondary N) is 1. The van der Waals surface area contributed by atoms with Crippen molar-refractivity contribution >= 4 is 13.9 Å². The zero-order valence-corrected chi connectivity index (χ0v) is 3.72. The highest BCUT2D eigenvalue weighted by molar-refractivity contribution is 6.30. The number of hydrogen-bond donors (Lipinski definition) is 1. The second-order valence-electron chi connectivity index (χ2n) is 0.783. The number of nitriles is 1. The SMILES string of the molecule is N#CC[B]OC=N. The summed E-state index contributed by atoms with van der Waals surface area (Å²) in [5, 5.41) is 14.1. The van der Waals surface area contributed by atoms with Gasteiger partial charge in [0.1, 0.15) is 6.40 Å². The van der Waals surface area contributed by atoms with Gasteiger partial charge in [-0.2, -0.15) is 5.26 Å². The topological polar surface area (TPSA) is 56.9 Å². The quantitative estimate of drug-likeness (QED) is 0.235. The Balaban J connectivity index is 2.72. The summed E-state index contributed by atoms with van der Waals surface area (Å²) in [5.74, 6) is 0. The van der Waals surface area contributed by atoms with Gasteiger partial charge >= 0.3 is 7.48 Å². The molecule has 0 aromatic carbocycles. The second-order valence-corrected chi connectivity index (χ2v) is 0.783. The molecule has 4 heteroatoms. The van der Waals surface area contributed by atoms with E-state index in [0.717, 1.165) is 6.40 Å². The van der Waals surface area contributed by atoms with Crippen molar-refractivity contribution in [1.82, 2.24) is 0 Å². The van der Waals surface area contributed by atoms with E-state index < -0.39 is 0 Å². The lowest BCUT2D eigenvalue weighted by molar-refractivity contribution is 0.614. The minimum atomic E-state index is 0.232. The summed E-state index contributed by atoms with van der Waals surface area (Å²) < 4.78 is 4.27. The largest absolute Gasteiger partial charge is 0.555 e. The molecule has 0 atom stereocenters. The molecule has 0 aliphatic carbocycles. The highest BCUT2D eigenvalue weighted by atomic mass is 16.4. The van der Waals surface area contributed by atoms with E-state index in [1.165, 1.54) is 7.48 Å². The molecule has 0 rings (SSSR count). The van der Waals surface area contributed by atoms with Crippen LogP contribution in [0.5, 0.6) is 0 Å². The van der Waals surface area contributed by atoms with Crippen LogP contribution in [0.1, 0.15) is 0 Å². The van der Waals surface area contributed by atoms with E-state index in [1.807, 2.05) is 6.07 Å². The van der Waals surface area contributed by atoms with E-state index in [2.05, 4.69) is 4.65 Å². The fourth-order valence-electron chi connectivity index (χ4n) is 0.133. The highest BCUT2D eigenvalue weighted by Gasteiger charge is 1.84. The maximum atomic E-state index is 7.86. The van der Waals surface area contributed by atoms with Gasteiger partial charge in [0.05, 0.1) is 12.4 Å². The van der Waals surface area contributed by atoms with Crippen LogP contribution in [0.4, 0.5) is 0 Å². The molecule has 0 fully saturated rings. The number of nitrogens with zero attached hydrogens (tertiary/aromatic N) is 1. The van der Waals surface area contributed by atoms with E-state index >= 15 is 0 Å². The molecular formula is C3H4BN2O. The molecule has 0 unspecified atom stereocenters. The Morgan fingerprint density at radius 3 is 3.14 bits per heavy atom. The van der Waals surface area contributed by atoms with Gasteiger partial charge in [-0.25, -0.2) is 0 Å². The van der Waals surface area contributed by atoms with Crippen LogP contribution in [0, 0.1) is 16.7 Å². The summed E-state index contributed by atoms with van der Waals surface area (Å²) in [4.78, 5) is 0. The Hall–Kier alpha value is -0.975. The molecule has 0 saturated carbocycles. The molecule has 1 N–H and O–H groups in total. The molecule has 0 saturated heterocycles. The van der Waals surface area contributed by atoms with Gasteiger partial charge in [-0.05, 0) is 0 Å². The minimum Gasteiger partial charge on any atom is -0.555 e. The molecule has 35 valence electrons. The van der Waals surface area contributed by atoms with Crippen molar-refractivity contribution in [2.24, 2.45) is 0 Å². The molecule has 1 radical (unpaired) electrons. The van der Waals surface area contributed by atoms with Gasteiger partial charge in [-0.15, -0.1) is 0 Å². The van der Waals surface area contributed by atoms with E-state index in [4.69, 9.17) is 10.7 Å². The molecule has 0 heterocycles.